The van der Waals surface area contributed by atoms with E-state index in [-0.39, 0.29) is 17.3 Å². The third-order valence-corrected chi connectivity index (χ3v) is 3.24. The van der Waals surface area contributed by atoms with Gasteiger partial charge in [-0.1, -0.05) is 6.07 Å². The molecule has 0 radical (unpaired) electrons. The second-order valence-electron chi connectivity index (χ2n) is 4.58. The van der Waals surface area contributed by atoms with E-state index >= 15 is 0 Å². The number of hydrogen-bond acceptors (Lipinski definition) is 6. The molecule has 8 heteroatoms. The summed E-state index contributed by atoms with van der Waals surface area (Å²) >= 11 is 0. The molecule has 0 bridgehead atoms. The Kier molecular flexibility index (Phi) is 3.26. The van der Waals surface area contributed by atoms with Crippen LogP contribution in [0.2, 0.25) is 0 Å². The summed E-state index contributed by atoms with van der Waals surface area (Å²) in [7, 11) is 1.64. The Morgan fingerprint density at radius 3 is 2.77 bits per heavy atom. The molecule has 0 atom stereocenters. The van der Waals surface area contributed by atoms with Crippen molar-refractivity contribution in [2.45, 2.75) is 0 Å². The maximum atomic E-state index is 10.9. The van der Waals surface area contributed by atoms with Gasteiger partial charge in [-0.3, -0.25) is 10.1 Å². The van der Waals surface area contributed by atoms with E-state index < -0.39 is 4.92 Å². The van der Waals surface area contributed by atoms with E-state index in [4.69, 9.17) is 0 Å². The molecule has 0 aliphatic carbocycles. The van der Waals surface area contributed by atoms with E-state index in [1.54, 1.807) is 37.5 Å². The summed E-state index contributed by atoms with van der Waals surface area (Å²) in [5.41, 5.74) is 0.720. The molecule has 0 amide bonds. The van der Waals surface area contributed by atoms with Crippen LogP contribution in [0.25, 0.3) is 10.9 Å². The number of aromatic hydroxyl groups is 1. The molecule has 22 heavy (non-hydrogen) atoms. The Morgan fingerprint density at radius 2 is 2.09 bits per heavy atom. The number of non-ortho nitro benzene ring substituents is 1. The van der Waals surface area contributed by atoms with Crippen molar-refractivity contribution in [3.8, 4) is 5.88 Å². The van der Waals surface area contributed by atoms with Gasteiger partial charge in [-0.2, -0.15) is 0 Å². The zero-order valence-electron chi connectivity index (χ0n) is 11.5. The highest BCUT2D eigenvalue weighted by atomic mass is 16.6. The summed E-state index contributed by atoms with van der Waals surface area (Å²) in [6, 6.07) is 9.47. The molecule has 0 fully saturated rings. The average Bonchev–Trinajstić information content (AvgIpc) is 2.77. The number of hydrogen-bond donors (Lipinski definition) is 1. The first kappa shape index (κ1) is 13.7. The molecule has 1 N–H and O–H groups in total. The Balaban J connectivity index is 2.15. The Hall–Kier alpha value is -3.29. The number of benzene rings is 1. The predicted octanol–water partition coefficient (Wildman–Crippen LogP) is 3.60. The third-order valence-electron chi connectivity index (χ3n) is 3.24. The minimum Gasteiger partial charge on any atom is -0.493 e. The van der Waals surface area contributed by atoms with Crippen LogP contribution in [0.5, 0.6) is 5.88 Å². The van der Waals surface area contributed by atoms with Crippen LogP contribution < -0.4 is 0 Å². The van der Waals surface area contributed by atoms with Crippen molar-refractivity contribution in [1.29, 1.82) is 0 Å². The maximum absolute atomic E-state index is 10.9. The molecule has 0 saturated carbocycles. The lowest BCUT2D eigenvalue weighted by molar-refractivity contribution is -0.384. The smallest absolute Gasteiger partial charge is 0.270 e. The molecular formula is C14H11N5O3. The number of rotatable bonds is 3. The Morgan fingerprint density at radius 1 is 1.27 bits per heavy atom. The van der Waals surface area contributed by atoms with E-state index in [1.807, 2.05) is 0 Å². The standard InChI is InChI=1S/C14H11N5O3/c1-18-11-6-5-9(19(21)22)8-10(11)13(14(18)20)17-16-12-4-2-3-7-15-12/h2-8,20H,1H3. The molecule has 3 rings (SSSR count). The summed E-state index contributed by atoms with van der Waals surface area (Å²) in [6.07, 6.45) is 1.57. The Labute approximate surface area is 124 Å². The maximum Gasteiger partial charge on any atom is 0.270 e. The largest absolute Gasteiger partial charge is 0.493 e. The first-order valence-corrected chi connectivity index (χ1v) is 6.36. The van der Waals surface area contributed by atoms with Gasteiger partial charge in [0.25, 0.3) is 5.69 Å². The molecule has 3 aromatic rings. The topological polar surface area (TPSA) is 106 Å². The predicted molar refractivity (Wildman–Crippen MR) is 79.7 cm³/mol. The Bertz CT molecular complexity index is 886. The minimum absolute atomic E-state index is 0.0765. The minimum atomic E-state index is -0.497. The van der Waals surface area contributed by atoms with Gasteiger partial charge in [0, 0.05) is 30.8 Å². The monoisotopic (exact) mass is 297 g/mol. The fraction of sp³-hybridized carbons (Fsp3) is 0.0714. The fourth-order valence-electron chi connectivity index (χ4n) is 2.13. The van der Waals surface area contributed by atoms with Gasteiger partial charge >= 0.3 is 0 Å². The number of azo groups is 1. The van der Waals surface area contributed by atoms with Gasteiger partial charge in [0.1, 0.15) is 0 Å². The summed E-state index contributed by atoms with van der Waals surface area (Å²) in [6.45, 7) is 0. The molecule has 0 unspecified atom stereocenters. The number of fused-ring (bicyclic) bond motifs is 1. The molecule has 2 aromatic heterocycles. The molecule has 8 nitrogen and oxygen atoms in total. The molecule has 0 spiro atoms. The lowest BCUT2D eigenvalue weighted by atomic mass is 10.2. The van der Waals surface area contributed by atoms with E-state index in [2.05, 4.69) is 15.2 Å². The summed E-state index contributed by atoms with van der Waals surface area (Å²) in [4.78, 5) is 14.4. The van der Waals surface area contributed by atoms with Crippen molar-refractivity contribution < 1.29 is 10.0 Å². The molecular weight excluding hydrogens is 286 g/mol. The van der Waals surface area contributed by atoms with Gasteiger partial charge in [-0.15, -0.1) is 10.2 Å². The van der Waals surface area contributed by atoms with E-state index in [0.717, 1.165) is 0 Å². The van der Waals surface area contributed by atoms with Crippen LogP contribution in [0.4, 0.5) is 17.2 Å². The highest BCUT2D eigenvalue weighted by Gasteiger charge is 2.17. The number of aromatic nitrogens is 2. The third kappa shape index (κ3) is 2.26. The first-order chi connectivity index (χ1) is 10.6. The van der Waals surface area contributed by atoms with Gasteiger partial charge in [0.15, 0.2) is 11.5 Å². The number of nitro benzene ring substituents is 1. The van der Waals surface area contributed by atoms with Gasteiger partial charge in [-0.25, -0.2) is 4.98 Å². The first-order valence-electron chi connectivity index (χ1n) is 6.36. The SMILES string of the molecule is Cn1c(O)c(N=Nc2ccccn2)c2cc([N+](=O)[O-])ccc21. The fourth-order valence-corrected chi connectivity index (χ4v) is 2.13. The molecule has 110 valence electrons. The number of nitro groups is 1. The van der Waals surface area contributed by atoms with Crippen molar-refractivity contribution in [2.24, 2.45) is 17.3 Å². The zero-order chi connectivity index (χ0) is 15.7. The molecule has 2 heterocycles. The molecule has 1 aromatic carbocycles. The van der Waals surface area contributed by atoms with Crippen LogP contribution in [0.3, 0.4) is 0 Å². The van der Waals surface area contributed by atoms with Crippen molar-refractivity contribution in [3.63, 3.8) is 0 Å². The van der Waals surface area contributed by atoms with Crippen molar-refractivity contribution in [1.82, 2.24) is 9.55 Å². The molecule has 0 saturated heterocycles. The van der Waals surface area contributed by atoms with Crippen LogP contribution in [0.1, 0.15) is 0 Å². The lowest BCUT2D eigenvalue weighted by Gasteiger charge is -1.95. The number of aryl methyl sites for hydroxylation is 1. The zero-order valence-corrected chi connectivity index (χ0v) is 11.5. The summed E-state index contributed by atoms with van der Waals surface area (Å²) in [5.74, 6) is 0.263. The molecule has 0 aliphatic rings. The van der Waals surface area contributed by atoms with E-state index in [9.17, 15) is 15.2 Å². The van der Waals surface area contributed by atoms with Gasteiger partial charge < -0.3 is 9.67 Å². The number of pyridine rings is 1. The molecule has 0 aliphatic heterocycles. The van der Waals surface area contributed by atoms with Crippen LogP contribution in [-0.4, -0.2) is 19.6 Å². The van der Waals surface area contributed by atoms with E-state index in [1.165, 1.54) is 16.7 Å². The second kappa shape index (κ2) is 5.24. The van der Waals surface area contributed by atoms with E-state index in [0.29, 0.717) is 16.7 Å². The normalized spacial score (nSPS) is 11.3. The highest BCUT2D eigenvalue weighted by Crippen LogP contribution is 2.39. The van der Waals surface area contributed by atoms with Crippen LogP contribution in [0, 0.1) is 10.1 Å². The second-order valence-corrected chi connectivity index (χ2v) is 4.58. The van der Waals surface area contributed by atoms with Crippen molar-refractivity contribution in [2.75, 3.05) is 0 Å². The summed E-state index contributed by atoms with van der Waals surface area (Å²) in [5, 5.41) is 29.4. The van der Waals surface area contributed by atoms with Gasteiger partial charge in [-0.05, 0) is 18.2 Å². The van der Waals surface area contributed by atoms with Crippen LogP contribution in [0.15, 0.2) is 52.8 Å². The van der Waals surface area contributed by atoms with Gasteiger partial charge in [0.2, 0.25) is 5.88 Å². The quantitative estimate of drug-likeness (QED) is 0.452. The van der Waals surface area contributed by atoms with Crippen molar-refractivity contribution >= 4 is 28.1 Å². The van der Waals surface area contributed by atoms with Gasteiger partial charge in [0.05, 0.1) is 10.4 Å². The summed E-state index contributed by atoms with van der Waals surface area (Å²) < 4.78 is 1.49. The highest BCUT2D eigenvalue weighted by molar-refractivity contribution is 5.96. The lowest BCUT2D eigenvalue weighted by Crippen LogP contribution is -1.88. The number of nitrogens with zero attached hydrogens (tertiary/aromatic N) is 5. The van der Waals surface area contributed by atoms with Crippen molar-refractivity contribution in [3.05, 3.63) is 52.7 Å². The average molecular weight is 297 g/mol. The van der Waals surface area contributed by atoms with Crippen LogP contribution in [-0.2, 0) is 7.05 Å². The van der Waals surface area contributed by atoms with Crippen LogP contribution >= 0.6 is 0 Å².